The normalized spacial score (nSPS) is 33.9. The van der Waals surface area contributed by atoms with Crippen LogP contribution in [0.5, 0.6) is 0 Å². The van der Waals surface area contributed by atoms with E-state index in [0.29, 0.717) is 0 Å². The summed E-state index contributed by atoms with van der Waals surface area (Å²) in [6.07, 6.45) is 0. The van der Waals surface area contributed by atoms with Crippen LogP contribution in [0.3, 0.4) is 0 Å². The van der Waals surface area contributed by atoms with E-state index in [1.807, 2.05) is 13.8 Å². The lowest BCUT2D eigenvalue weighted by Gasteiger charge is -2.23. The van der Waals surface area contributed by atoms with E-state index < -0.39 is 12.0 Å². The van der Waals surface area contributed by atoms with Crippen molar-refractivity contribution < 1.29 is 19.5 Å². The van der Waals surface area contributed by atoms with Gasteiger partial charge < -0.3 is 5.11 Å². The fraction of sp³-hybridized carbons (Fsp3) is 0.700. The molecule has 0 spiro atoms. The van der Waals surface area contributed by atoms with Crippen molar-refractivity contribution in [2.75, 3.05) is 0 Å². The van der Waals surface area contributed by atoms with Crippen LogP contribution in [0.15, 0.2) is 0 Å². The van der Waals surface area contributed by atoms with Crippen molar-refractivity contribution in [3.05, 3.63) is 0 Å². The smallest absolute Gasteiger partial charge is 0.326 e. The molecule has 1 aliphatic heterocycles. The van der Waals surface area contributed by atoms with E-state index >= 15 is 0 Å². The summed E-state index contributed by atoms with van der Waals surface area (Å²) in [6.45, 7) is 5.08. The molecule has 1 aliphatic carbocycles. The molecule has 1 N–H and O–H groups in total. The molecule has 0 aromatic rings. The fourth-order valence-electron chi connectivity index (χ4n) is 2.46. The van der Waals surface area contributed by atoms with Crippen LogP contribution in [0.4, 0.5) is 0 Å². The minimum Gasteiger partial charge on any atom is -0.480 e. The Balaban J connectivity index is 2.25. The van der Waals surface area contributed by atoms with E-state index in [4.69, 9.17) is 5.11 Å². The number of rotatable bonds is 2. The number of piperidine rings is 1. The van der Waals surface area contributed by atoms with Gasteiger partial charge in [-0.15, -0.1) is 0 Å². The second kappa shape index (κ2) is 2.59. The van der Waals surface area contributed by atoms with Crippen LogP contribution in [0.2, 0.25) is 0 Å². The van der Waals surface area contributed by atoms with Gasteiger partial charge in [0.2, 0.25) is 11.8 Å². The van der Waals surface area contributed by atoms with Crippen LogP contribution in [-0.2, 0) is 14.4 Å². The van der Waals surface area contributed by atoms with Gasteiger partial charge in [-0.25, -0.2) is 4.79 Å². The molecule has 3 atom stereocenters. The highest BCUT2D eigenvalue weighted by Gasteiger charge is 2.73. The second-order valence-corrected chi connectivity index (χ2v) is 4.84. The number of hydrogen-bond donors (Lipinski definition) is 1. The average Bonchev–Trinajstić information content (AvgIpc) is 2.55. The molecule has 5 nitrogen and oxygen atoms in total. The van der Waals surface area contributed by atoms with Gasteiger partial charge in [0.25, 0.3) is 0 Å². The highest BCUT2D eigenvalue weighted by atomic mass is 16.4. The van der Waals surface area contributed by atoms with Crippen molar-refractivity contribution in [2.45, 2.75) is 26.8 Å². The van der Waals surface area contributed by atoms with Gasteiger partial charge >= 0.3 is 5.97 Å². The number of carboxylic acids is 1. The Morgan fingerprint density at radius 1 is 1.33 bits per heavy atom. The quantitative estimate of drug-likeness (QED) is 0.657. The molecule has 5 heteroatoms. The van der Waals surface area contributed by atoms with Gasteiger partial charge in [0.05, 0.1) is 11.8 Å². The van der Waals surface area contributed by atoms with Crippen LogP contribution in [-0.4, -0.2) is 33.8 Å². The number of fused-ring (bicyclic) bond motifs is 1. The van der Waals surface area contributed by atoms with Gasteiger partial charge in [-0.2, -0.15) is 0 Å². The van der Waals surface area contributed by atoms with Crippen molar-refractivity contribution in [3.8, 4) is 0 Å². The molecule has 0 aromatic heterocycles. The molecule has 3 unspecified atom stereocenters. The Hall–Kier alpha value is -1.39. The van der Waals surface area contributed by atoms with Gasteiger partial charge in [0, 0.05) is 0 Å². The van der Waals surface area contributed by atoms with Crippen molar-refractivity contribution >= 4 is 17.8 Å². The third-order valence-electron chi connectivity index (χ3n) is 3.58. The van der Waals surface area contributed by atoms with E-state index in [0.717, 1.165) is 4.90 Å². The van der Waals surface area contributed by atoms with E-state index in [1.165, 1.54) is 6.92 Å². The minimum atomic E-state index is -1.14. The maximum atomic E-state index is 11.8. The predicted molar refractivity (Wildman–Crippen MR) is 49.7 cm³/mol. The number of carbonyl (C=O) groups is 3. The highest BCUT2D eigenvalue weighted by molar-refractivity contribution is 6.12. The lowest BCUT2D eigenvalue weighted by molar-refractivity contribution is -0.156. The molecule has 82 valence electrons. The standard InChI is InChI=1S/C10H13NO4/c1-4(9(14)15)11-7(12)5-6(8(11)13)10(5,2)3/h4-6H,1-3H3,(H,14,15). The topological polar surface area (TPSA) is 74.7 Å². The first-order valence-electron chi connectivity index (χ1n) is 4.90. The molecule has 2 aliphatic rings. The van der Waals surface area contributed by atoms with Crippen LogP contribution in [0.1, 0.15) is 20.8 Å². The van der Waals surface area contributed by atoms with Gasteiger partial charge in [-0.05, 0) is 12.3 Å². The minimum absolute atomic E-state index is 0.275. The molecule has 2 amide bonds. The molecule has 2 fully saturated rings. The first kappa shape index (κ1) is 10.1. The molecule has 1 heterocycles. The monoisotopic (exact) mass is 211 g/mol. The van der Waals surface area contributed by atoms with Gasteiger partial charge in [0.1, 0.15) is 6.04 Å². The van der Waals surface area contributed by atoms with Crippen LogP contribution in [0, 0.1) is 17.3 Å². The van der Waals surface area contributed by atoms with Crippen molar-refractivity contribution in [1.82, 2.24) is 4.90 Å². The molecular weight excluding hydrogens is 198 g/mol. The average molecular weight is 211 g/mol. The van der Waals surface area contributed by atoms with Crippen LogP contribution >= 0.6 is 0 Å². The van der Waals surface area contributed by atoms with Gasteiger partial charge in [0.15, 0.2) is 0 Å². The summed E-state index contributed by atoms with van der Waals surface area (Å²) in [6, 6.07) is -1.05. The molecule has 0 radical (unpaired) electrons. The van der Waals surface area contributed by atoms with Crippen molar-refractivity contribution in [2.24, 2.45) is 17.3 Å². The molecule has 2 rings (SSSR count). The highest BCUT2D eigenvalue weighted by Crippen LogP contribution is 2.63. The van der Waals surface area contributed by atoms with Crippen LogP contribution in [0.25, 0.3) is 0 Å². The Kier molecular flexibility index (Phi) is 1.75. The van der Waals surface area contributed by atoms with Crippen molar-refractivity contribution in [3.63, 3.8) is 0 Å². The Morgan fingerprint density at radius 2 is 1.73 bits per heavy atom. The predicted octanol–water partition coefficient (Wildman–Crippen LogP) is 0.100. The summed E-state index contributed by atoms with van der Waals surface area (Å²) in [5.41, 5.74) is -0.275. The number of carboxylic acid groups (broad SMARTS) is 1. The summed E-state index contributed by atoms with van der Waals surface area (Å²) < 4.78 is 0. The number of hydrogen-bond acceptors (Lipinski definition) is 3. The zero-order chi connectivity index (χ0) is 11.5. The third-order valence-corrected chi connectivity index (χ3v) is 3.58. The number of aliphatic carboxylic acids is 1. The number of likely N-dealkylation sites (tertiary alicyclic amines) is 1. The number of nitrogens with zero attached hydrogens (tertiary/aromatic N) is 1. The van der Waals surface area contributed by atoms with Gasteiger partial charge in [-0.1, -0.05) is 13.8 Å². The first-order chi connectivity index (χ1) is 6.80. The number of amides is 2. The Bertz CT molecular complexity index is 350. The second-order valence-electron chi connectivity index (χ2n) is 4.84. The molecule has 0 bridgehead atoms. The fourth-order valence-corrected chi connectivity index (χ4v) is 2.46. The molecule has 0 aromatic carbocycles. The van der Waals surface area contributed by atoms with E-state index in [2.05, 4.69) is 0 Å². The summed E-state index contributed by atoms with van der Waals surface area (Å²) in [4.78, 5) is 35.1. The Morgan fingerprint density at radius 3 is 2.07 bits per heavy atom. The van der Waals surface area contributed by atoms with Crippen molar-refractivity contribution in [1.29, 1.82) is 0 Å². The third kappa shape index (κ3) is 1.06. The summed E-state index contributed by atoms with van der Waals surface area (Å²) in [5, 5.41) is 8.76. The van der Waals surface area contributed by atoms with Crippen LogP contribution < -0.4 is 0 Å². The maximum Gasteiger partial charge on any atom is 0.326 e. The van der Waals surface area contributed by atoms with E-state index in [1.54, 1.807) is 0 Å². The summed E-state index contributed by atoms with van der Waals surface area (Å²) in [7, 11) is 0. The zero-order valence-electron chi connectivity index (χ0n) is 8.85. The van der Waals surface area contributed by atoms with E-state index in [-0.39, 0.29) is 29.1 Å². The molecule has 1 saturated heterocycles. The summed E-state index contributed by atoms with van der Waals surface area (Å²) in [5.74, 6) is -2.40. The molecule has 15 heavy (non-hydrogen) atoms. The maximum absolute atomic E-state index is 11.8. The SMILES string of the molecule is CC(C(=O)O)N1C(=O)C2C(C1=O)C2(C)C. The lowest BCUT2D eigenvalue weighted by Crippen LogP contribution is -2.46. The molecule has 1 saturated carbocycles. The number of carbonyl (C=O) groups excluding carboxylic acids is 2. The Labute approximate surface area is 87.1 Å². The number of imide groups is 1. The van der Waals surface area contributed by atoms with E-state index in [9.17, 15) is 14.4 Å². The van der Waals surface area contributed by atoms with Gasteiger partial charge in [-0.3, -0.25) is 14.5 Å². The first-order valence-corrected chi connectivity index (χ1v) is 4.90. The summed E-state index contributed by atoms with van der Waals surface area (Å²) >= 11 is 0. The zero-order valence-corrected chi connectivity index (χ0v) is 8.85. The largest absolute Gasteiger partial charge is 0.480 e. The lowest BCUT2D eigenvalue weighted by atomic mass is 10.0. The molecular formula is C10H13NO4.